The van der Waals surface area contributed by atoms with Crippen LogP contribution < -0.4 is 4.74 Å². The van der Waals surface area contributed by atoms with Gasteiger partial charge in [0, 0.05) is 12.1 Å². The number of amides is 1. The Morgan fingerprint density at radius 3 is 2.48 bits per heavy atom. The van der Waals surface area contributed by atoms with Crippen molar-refractivity contribution >= 4 is 6.09 Å². The van der Waals surface area contributed by atoms with E-state index < -0.39 is 0 Å². The molecule has 1 spiro atoms. The molecule has 1 atom stereocenters. The number of benzene rings is 2. The predicted molar refractivity (Wildman–Crippen MR) is 98.7 cm³/mol. The zero-order chi connectivity index (χ0) is 17.3. The molecular formula is C22H25NO2. The van der Waals surface area contributed by atoms with E-state index in [0.717, 1.165) is 19.3 Å². The summed E-state index contributed by atoms with van der Waals surface area (Å²) in [5, 5.41) is 0. The Kier molecular flexibility index (Phi) is 4.24. The maximum absolute atomic E-state index is 13.1. The highest BCUT2D eigenvalue weighted by Crippen LogP contribution is 2.46. The lowest BCUT2D eigenvalue weighted by Crippen LogP contribution is -2.50. The zero-order valence-corrected chi connectivity index (χ0v) is 14.8. The van der Waals surface area contributed by atoms with Crippen LogP contribution in [0.15, 0.2) is 54.6 Å². The lowest BCUT2D eigenvalue weighted by atomic mass is 9.83. The Bertz CT molecular complexity index is 750. The summed E-state index contributed by atoms with van der Waals surface area (Å²) in [5.74, 6) is 1.08. The number of ether oxygens (including phenoxy) is 1. The highest BCUT2D eigenvalue weighted by atomic mass is 16.6. The van der Waals surface area contributed by atoms with Crippen molar-refractivity contribution in [2.24, 2.45) is 0 Å². The monoisotopic (exact) mass is 335 g/mol. The highest BCUT2D eigenvalue weighted by Gasteiger charge is 2.46. The molecule has 0 aromatic heterocycles. The van der Waals surface area contributed by atoms with Crippen LogP contribution in [0.25, 0.3) is 0 Å². The second-order valence-electron chi connectivity index (χ2n) is 7.50. The van der Waals surface area contributed by atoms with E-state index in [1.165, 1.54) is 24.0 Å². The zero-order valence-electron chi connectivity index (χ0n) is 14.8. The van der Waals surface area contributed by atoms with Crippen molar-refractivity contribution in [3.8, 4) is 5.75 Å². The number of carbonyl (C=O) groups excluding carboxylic acids is 1. The Morgan fingerprint density at radius 1 is 1.04 bits per heavy atom. The molecule has 1 heterocycles. The summed E-state index contributed by atoms with van der Waals surface area (Å²) in [6, 6.07) is 18.0. The molecule has 25 heavy (non-hydrogen) atoms. The van der Waals surface area contributed by atoms with Crippen molar-refractivity contribution < 1.29 is 9.53 Å². The summed E-state index contributed by atoms with van der Waals surface area (Å²) in [4.78, 5) is 15.1. The molecule has 4 rings (SSSR count). The third kappa shape index (κ3) is 3.04. The molecule has 0 N–H and O–H groups in total. The van der Waals surface area contributed by atoms with Crippen LogP contribution >= 0.6 is 0 Å². The van der Waals surface area contributed by atoms with Crippen molar-refractivity contribution in [1.82, 2.24) is 4.90 Å². The number of para-hydroxylation sites is 1. The van der Waals surface area contributed by atoms with Gasteiger partial charge in [0.1, 0.15) is 5.75 Å². The largest absolute Gasteiger partial charge is 0.416 e. The van der Waals surface area contributed by atoms with E-state index in [9.17, 15) is 4.79 Å². The normalized spacial score (nSPS) is 21.6. The van der Waals surface area contributed by atoms with Crippen molar-refractivity contribution in [2.45, 2.75) is 57.0 Å². The average Bonchev–Trinajstić information content (AvgIpc) is 3.05. The maximum Gasteiger partial charge on any atom is 0.416 e. The number of carbonyl (C=O) groups is 1. The van der Waals surface area contributed by atoms with Crippen LogP contribution in [0.4, 0.5) is 4.79 Å². The fourth-order valence-corrected chi connectivity index (χ4v) is 4.70. The van der Waals surface area contributed by atoms with Gasteiger partial charge >= 0.3 is 6.09 Å². The van der Waals surface area contributed by atoms with Crippen LogP contribution in [0.5, 0.6) is 5.75 Å². The Labute approximate surface area is 149 Å². The molecule has 1 amide bonds. The minimum atomic E-state index is -0.211. The lowest BCUT2D eigenvalue weighted by Gasteiger charge is -2.40. The second kappa shape index (κ2) is 6.55. The number of fused-ring (bicyclic) bond motifs is 1. The molecule has 0 saturated heterocycles. The molecule has 1 saturated carbocycles. The summed E-state index contributed by atoms with van der Waals surface area (Å²) >= 11 is 0. The molecule has 1 aliphatic carbocycles. The first kappa shape index (κ1) is 16.2. The molecule has 3 heteroatoms. The number of hydrogen-bond acceptors (Lipinski definition) is 2. The van der Waals surface area contributed by atoms with E-state index in [1.54, 1.807) is 0 Å². The molecule has 3 nitrogen and oxygen atoms in total. The highest BCUT2D eigenvalue weighted by molar-refractivity contribution is 5.72. The number of hydrogen-bond donors (Lipinski definition) is 0. The standard InChI is InChI=1S/C22H25NO2/c1-17-15-22(13-7-8-14-22)23(16-18-9-5-6-12-20(17)18)21(24)25-19-10-3-2-4-11-19/h2-6,9-12,17H,7-8,13-16H2,1H3. The van der Waals surface area contributed by atoms with Gasteiger partial charge < -0.3 is 4.74 Å². The fourth-order valence-electron chi connectivity index (χ4n) is 4.70. The minimum Gasteiger partial charge on any atom is -0.410 e. The van der Waals surface area contributed by atoms with Gasteiger partial charge in [-0.3, -0.25) is 4.90 Å². The smallest absolute Gasteiger partial charge is 0.410 e. The molecule has 0 bridgehead atoms. The van der Waals surface area contributed by atoms with Gasteiger partial charge in [0.25, 0.3) is 0 Å². The molecule has 0 radical (unpaired) electrons. The van der Waals surface area contributed by atoms with Crippen LogP contribution in [0, 0.1) is 0 Å². The van der Waals surface area contributed by atoms with Crippen molar-refractivity contribution in [1.29, 1.82) is 0 Å². The summed E-state index contributed by atoms with van der Waals surface area (Å²) in [5.41, 5.74) is 2.57. The first-order valence-corrected chi connectivity index (χ1v) is 9.30. The second-order valence-corrected chi connectivity index (χ2v) is 7.50. The van der Waals surface area contributed by atoms with Gasteiger partial charge in [-0.1, -0.05) is 62.2 Å². The van der Waals surface area contributed by atoms with Crippen LogP contribution in [0.1, 0.15) is 56.1 Å². The third-order valence-electron chi connectivity index (χ3n) is 5.88. The molecule has 130 valence electrons. The van der Waals surface area contributed by atoms with Gasteiger partial charge in [-0.2, -0.15) is 0 Å². The summed E-state index contributed by atoms with van der Waals surface area (Å²) in [6.45, 7) is 2.94. The molecule has 1 aliphatic heterocycles. The molecule has 2 aromatic carbocycles. The van der Waals surface area contributed by atoms with Crippen LogP contribution in [-0.4, -0.2) is 16.5 Å². The molecular weight excluding hydrogens is 310 g/mol. The molecule has 1 fully saturated rings. The topological polar surface area (TPSA) is 29.5 Å². The van der Waals surface area contributed by atoms with Gasteiger partial charge in [-0.25, -0.2) is 4.79 Å². The van der Waals surface area contributed by atoms with Crippen LogP contribution in [0.3, 0.4) is 0 Å². The summed E-state index contributed by atoms with van der Waals surface area (Å²) < 4.78 is 5.73. The van der Waals surface area contributed by atoms with E-state index in [2.05, 4.69) is 31.2 Å². The minimum absolute atomic E-state index is 0.0652. The number of rotatable bonds is 1. The van der Waals surface area contributed by atoms with Crippen LogP contribution in [0.2, 0.25) is 0 Å². The van der Waals surface area contributed by atoms with Gasteiger partial charge in [0.2, 0.25) is 0 Å². The number of nitrogens with zero attached hydrogens (tertiary/aromatic N) is 1. The van der Waals surface area contributed by atoms with E-state index in [4.69, 9.17) is 4.74 Å². The van der Waals surface area contributed by atoms with Gasteiger partial charge in [-0.05, 0) is 48.4 Å². The Morgan fingerprint density at radius 2 is 1.72 bits per heavy atom. The van der Waals surface area contributed by atoms with Gasteiger partial charge in [0.05, 0.1) is 0 Å². The third-order valence-corrected chi connectivity index (χ3v) is 5.88. The fraction of sp³-hybridized carbons (Fsp3) is 0.409. The summed E-state index contributed by atoms with van der Waals surface area (Å²) in [7, 11) is 0. The van der Waals surface area contributed by atoms with Crippen molar-refractivity contribution in [3.63, 3.8) is 0 Å². The molecule has 1 unspecified atom stereocenters. The van der Waals surface area contributed by atoms with E-state index in [0.29, 0.717) is 18.2 Å². The van der Waals surface area contributed by atoms with Gasteiger partial charge in [-0.15, -0.1) is 0 Å². The van der Waals surface area contributed by atoms with E-state index >= 15 is 0 Å². The average molecular weight is 335 g/mol. The van der Waals surface area contributed by atoms with E-state index in [-0.39, 0.29) is 11.6 Å². The SMILES string of the molecule is CC1CC2(CCCC2)N(C(=O)Oc2ccccc2)Cc2ccccc21. The quantitative estimate of drug-likeness (QED) is 0.688. The first-order chi connectivity index (χ1) is 12.2. The Balaban J connectivity index is 1.68. The van der Waals surface area contributed by atoms with Crippen LogP contribution in [-0.2, 0) is 6.54 Å². The van der Waals surface area contributed by atoms with Gasteiger partial charge in [0.15, 0.2) is 0 Å². The first-order valence-electron chi connectivity index (χ1n) is 9.30. The van der Waals surface area contributed by atoms with Crippen molar-refractivity contribution in [2.75, 3.05) is 0 Å². The maximum atomic E-state index is 13.1. The molecule has 2 aliphatic rings. The summed E-state index contributed by atoms with van der Waals surface area (Å²) in [6.07, 6.45) is 5.35. The molecule has 2 aromatic rings. The Hall–Kier alpha value is -2.29. The van der Waals surface area contributed by atoms with E-state index in [1.807, 2.05) is 35.2 Å². The lowest BCUT2D eigenvalue weighted by molar-refractivity contribution is 0.0721. The van der Waals surface area contributed by atoms with Crippen molar-refractivity contribution in [3.05, 3.63) is 65.7 Å². The predicted octanol–water partition coefficient (Wildman–Crippen LogP) is 5.51.